The zero-order valence-corrected chi connectivity index (χ0v) is 9.53. The van der Waals surface area contributed by atoms with Crippen molar-refractivity contribution in [3.05, 3.63) is 0 Å². The van der Waals surface area contributed by atoms with Crippen LogP contribution < -0.4 is 18.5 Å². The quantitative estimate of drug-likeness (QED) is 0.394. The number of rotatable bonds is 3. The van der Waals surface area contributed by atoms with Crippen molar-refractivity contribution in [2.24, 2.45) is 0 Å². The zero-order chi connectivity index (χ0) is 10.2. The Morgan fingerprint density at radius 3 is 1.47 bits per heavy atom. The predicted octanol–water partition coefficient (Wildman–Crippen LogP) is 1.09. The van der Waals surface area contributed by atoms with Gasteiger partial charge in [-0.2, -0.15) is 8.42 Å². The molecule has 0 aromatic heterocycles. The standard InChI is InChI=1S/C5H10O2.3H3N.H2O4S/c1-2-3-4-5(6)7;;;;1-5(2,3)4/h2-4H2,1H3,(H,6,7);3*1H3;(H2,1,2,3,4). The van der Waals surface area contributed by atoms with Gasteiger partial charge in [-0.1, -0.05) is 13.3 Å². The van der Waals surface area contributed by atoms with Gasteiger partial charge in [0.15, 0.2) is 0 Å². The molecule has 0 aliphatic carbocycles. The third-order valence-electron chi connectivity index (χ3n) is 0.744. The molecule has 0 aliphatic heterocycles. The van der Waals surface area contributed by atoms with Gasteiger partial charge in [-0.15, -0.1) is 0 Å². The largest absolute Gasteiger partial charge is 0.481 e. The van der Waals surface area contributed by atoms with E-state index in [-0.39, 0.29) is 18.5 Å². The van der Waals surface area contributed by atoms with Gasteiger partial charge in [0, 0.05) is 6.42 Å². The van der Waals surface area contributed by atoms with Gasteiger partial charge in [-0.3, -0.25) is 13.9 Å². The van der Waals surface area contributed by atoms with Crippen LogP contribution in [0.15, 0.2) is 0 Å². The van der Waals surface area contributed by atoms with Crippen LogP contribution in [-0.4, -0.2) is 28.6 Å². The van der Waals surface area contributed by atoms with E-state index in [2.05, 4.69) is 0 Å². The van der Waals surface area contributed by atoms with Crippen LogP contribution in [0.1, 0.15) is 26.2 Å². The first-order chi connectivity index (χ1) is 5.27. The van der Waals surface area contributed by atoms with Crippen molar-refractivity contribution in [2.45, 2.75) is 26.2 Å². The van der Waals surface area contributed by atoms with Crippen molar-refractivity contribution in [1.29, 1.82) is 0 Å². The molecule has 0 spiro atoms. The third kappa shape index (κ3) is 161. The second-order valence-electron chi connectivity index (χ2n) is 1.95. The summed E-state index contributed by atoms with van der Waals surface area (Å²) in [5, 5.41) is 8.04. The van der Waals surface area contributed by atoms with Gasteiger partial charge in [0.1, 0.15) is 0 Å². The fourth-order valence-electron chi connectivity index (χ4n) is 0.328. The molecule has 0 aromatic rings. The maximum absolute atomic E-state index is 9.76. The van der Waals surface area contributed by atoms with E-state index >= 15 is 0 Å². The smallest absolute Gasteiger partial charge is 0.394 e. The first-order valence-electron chi connectivity index (χ1n) is 3.19. The molecule has 0 heterocycles. The van der Waals surface area contributed by atoms with E-state index < -0.39 is 16.4 Å². The highest BCUT2D eigenvalue weighted by molar-refractivity contribution is 7.79. The summed E-state index contributed by atoms with van der Waals surface area (Å²) in [5.41, 5.74) is 0. The number of hydrogen-bond donors (Lipinski definition) is 6. The second-order valence-corrected chi connectivity index (χ2v) is 2.84. The van der Waals surface area contributed by atoms with Gasteiger partial charge in [0.25, 0.3) is 0 Å². The molecule has 0 rings (SSSR count). The van der Waals surface area contributed by atoms with E-state index in [9.17, 15) is 4.79 Å². The summed E-state index contributed by atoms with van der Waals surface area (Å²) in [6.07, 6.45) is 2.08. The Hall–Kier alpha value is -0.780. The number of carboxylic acid groups (broad SMARTS) is 1. The lowest BCUT2D eigenvalue weighted by Crippen LogP contribution is -1.91. The molecular formula is C5H21N3O6S. The summed E-state index contributed by atoms with van der Waals surface area (Å²) in [6.45, 7) is 1.98. The van der Waals surface area contributed by atoms with Crippen LogP contribution in [0.4, 0.5) is 0 Å². The second kappa shape index (κ2) is 15.7. The Morgan fingerprint density at radius 2 is 1.40 bits per heavy atom. The van der Waals surface area contributed by atoms with Crippen molar-refractivity contribution < 1.29 is 27.4 Å². The highest BCUT2D eigenvalue weighted by Crippen LogP contribution is 1.91. The summed E-state index contributed by atoms with van der Waals surface area (Å²) in [4.78, 5) is 9.76. The van der Waals surface area contributed by atoms with Crippen LogP contribution in [0.5, 0.6) is 0 Å². The van der Waals surface area contributed by atoms with Crippen LogP contribution in [-0.2, 0) is 15.2 Å². The molecule has 10 heteroatoms. The lowest BCUT2D eigenvalue weighted by Gasteiger charge is -1.85. The Kier molecular flexibility index (Phi) is 30.6. The van der Waals surface area contributed by atoms with E-state index in [0.717, 1.165) is 12.8 Å². The average Bonchev–Trinajstić information content (AvgIpc) is 1.79. The van der Waals surface area contributed by atoms with E-state index in [1.807, 2.05) is 6.92 Å². The number of hydrogen-bond acceptors (Lipinski definition) is 6. The average molecular weight is 251 g/mol. The highest BCUT2D eigenvalue weighted by atomic mass is 32.3. The molecule has 0 fully saturated rings. The minimum atomic E-state index is -4.67. The Morgan fingerprint density at radius 1 is 1.13 bits per heavy atom. The summed E-state index contributed by atoms with van der Waals surface area (Å²) >= 11 is 0. The number of aliphatic carboxylic acids is 1. The van der Waals surface area contributed by atoms with Gasteiger partial charge < -0.3 is 23.6 Å². The van der Waals surface area contributed by atoms with Crippen molar-refractivity contribution >= 4 is 16.4 Å². The van der Waals surface area contributed by atoms with Crippen molar-refractivity contribution in [3.8, 4) is 0 Å². The van der Waals surface area contributed by atoms with Crippen LogP contribution in [0.25, 0.3) is 0 Å². The van der Waals surface area contributed by atoms with Gasteiger partial charge in [-0.25, -0.2) is 0 Å². The molecule has 0 bridgehead atoms. The summed E-state index contributed by atoms with van der Waals surface area (Å²) in [5.74, 6) is -0.693. The number of carbonyl (C=O) groups is 1. The van der Waals surface area contributed by atoms with Gasteiger partial charge in [-0.05, 0) is 6.42 Å². The van der Waals surface area contributed by atoms with Gasteiger partial charge in [0.2, 0.25) is 0 Å². The molecule has 15 heavy (non-hydrogen) atoms. The molecule has 0 unspecified atom stereocenters. The molecule has 0 radical (unpaired) electrons. The molecule has 0 amide bonds. The van der Waals surface area contributed by atoms with Gasteiger partial charge in [0.05, 0.1) is 0 Å². The van der Waals surface area contributed by atoms with Crippen molar-refractivity contribution in [1.82, 2.24) is 18.5 Å². The highest BCUT2D eigenvalue weighted by Gasteiger charge is 1.90. The van der Waals surface area contributed by atoms with Crippen LogP contribution in [0, 0.1) is 0 Å². The molecule has 0 saturated heterocycles. The maximum atomic E-state index is 9.76. The topological polar surface area (TPSA) is 217 Å². The molecule has 98 valence electrons. The minimum Gasteiger partial charge on any atom is -0.481 e. The monoisotopic (exact) mass is 251 g/mol. The van der Waals surface area contributed by atoms with E-state index in [1.54, 1.807) is 0 Å². The minimum absolute atomic E-state index is 0. The van der Waals surface area contributed by atoms with E-state index in [4.69, 9.17) is 22.6 Å². The molecule has 0 atom stereocenters. The van der Waals surface area contributed by atoms with Crippen LogP contribution >= 0.6 is 0 Å². The summed E-state index contributed by atoms with van der Waals surface area (Å²) in [7, 11) is -4.67. The maximum Gasteiger partial charge on any atom is 0.394 e. The SMILES string of the molecule is CCCCC(=O)O.N.N.N.O=S(=O)(O)O. The first kappa shape index (κ1) is 29.2. The Bertz CT molecular complexity index is 209. The molecule has 0 aromatic carbocycles. The fraction of sp³-hybridized carbons (Fsp3) is 0.800. The lowest BCUT2D eigenvalue weighted by molar-refractivity contribution is -0.137. The van der Waals surface area contributed by atoms with Crippen molar-refractivity contribution in [3.63, 3.8) is 0 Å². The van der Waals surface area contributed by atoms with E-state index in [0.29, 0.717) is 6.42 Å². The third-order valence-corrected chi connectivity index (χ3v) is 0.744. The van der Waals surface area contributed by atoms with E-state index in [1.165, 1.54) is 0 Å². The molecule has 9 nitrogen and oxygen atoms in total. The number of carboxylic acids is 1. The predicted molar refractivity (Wildman–Crippen MR) is 56.4 cm³/mol. The molecule has 12 N–H and O–H groups in total. The van der Waals surface area contributed by atoms with Gasteiger partial charge >= 0.3 is 16.4 Å². The molecular weight excluding hydrogens is 230 g/mol. The molecule has 0 aliphatic rings. The number of unbranched alkanes of at least 4 members (excludes halogenated alkanes) is 1. The normalized spacial score (nSPS) is 7.93. The summed E-state index contributed by atoms with van der Waals surface area (Å²) < 4.78 is 31.6. The Balaban J connectivity index is -0.0000000383. The summed E-state index contributed by atoms with van der Waals surface area (Å²) in [6, 6.07) is 0. The van der Waals surface area contributed by atoms with Crippen LogP contribution in [0.2, 0.25) is 0 Å². The van der Waals surface area contributed by atoms with Crippen LogP contribution in [0.3, 0.4) is 0 Å². The fourth-order valence-corrected chi connectivity index (χ4v) is 0.328. The van der Waals surface area contributed by atoms with Crippen molar-refractivity contribution in [2.75, 3.05) is 0 Å². The Labute approximate surface area is 89.2 Å². The zero-order valence-electron chi connectivity index (χ0n) is 8.72. The molecule has 0 saturated carbocycles. The first-order valence-corrected chi connectivity index (χ1v) is 4.58. The lowest BCUT2D eigenvalue weighted by atomic mass is 10.3.